The van der Waals surface area contributed by atoms with Gasteiger partial charge in [0.1, 0.15) is 5.82 Å². The Bertz CT molecular complexity index is 967. The molecular weight excluding hydrogens is 355 g/mol. The van der Waals surface area contributed by atoms with E-state index in [-0.39, 0.29) is 24.2 Å². The van der Waals surface area contributed by atoms with Crippen molar-refractivity contribution in [3.05, 3.63) is 71.6 Å². The molecule has 0 saturated carbocycles. The lowest BCUT2D eigenvalue weighted by molar-refractivity contribution is -0.134. The number of benzene rings is 1. The van der Waals surface area contributed by atoms with E-state index in [0.29, 0.717) is 0 Å². The Morgan fingerprint density at radius 1 is 1.18 bits per heavy atom. The Morgan fingerprint density at radius 2 is 2.00 bits per heavy atom. The Kier molecular flexibility index (Phi) is 5.19. The second-order valence-electron chi connectivity index (χ2n) is 7.29. The lowest BCUT2D eigenvalue weighted by Gasteiger charge is -2.36. The molecule has 3 aromatic rings. The van der Waals surface area contributed by atoms with Crippen LogP contribution >= 0.6 is 0 Å². The highest BCUT2D eigenvalue weighted by atomic mass is 19.1. The molecule has 1 N–H and O–H groups in total. The van der Waals surface area contributed by atoms with Gasteiger partial charge < -0.3 is 4.90 Å². The van der Waals surface area contributed by atoms with Gasteiger partial charge in [-0.05, 0) is 61.1 Å². The first-order chi connectivity index (χ1) is 13.6. The summed E-state index contributed by atoms with van der Waals surface area (Å²) in [4.78, 5) is 19.2. The number of likely N-dealkylation sites (tertiary alicyclic amines) is 1. The molecule has 3 heterocycles. The monoisotopic (exact) mass is 378 g/mol. The van der Waals surface area contributed by atoms with Crippen LogP contribution in [0.25, 0.3) is 11.1 Å². The molecule has 0 aliphatic carbocycles. The summed E-state index contributed by atoms with van der Waals surface area (Å²) in [7, 11) is 0. The van der Waals surface area contributed by atoms with Gasteiger partial charge >= 0.3 is 0 Å². The van der Waals surface area contributed by atoms with Gasteiger partial charge in [0.15, 0.2) is 0 Å². The summed E-state index contributed by atoms with van der Waals surface area (Å²) < 4.78 is 13.2. The lowest BCUT2D eigenvalue weighted by atomic mass is 9.93. The number of piperidine rings is 1. The lowest BCUT2D eigenvalue weighted by Crippen LogP contribution is -2.39. The SMILES string of the molecule is Cc1cnccc1-c1cn[nH]c1C1CCCCN1C(=O)Cc1ccc(F)cc1. The van der Waals surface area contributed by atoms with Crippen molar-refractivity contribution in [1.82, 2.24) is 20.1 Å². The first-order valence-electron chi connectivity index (χ1n) is 9.61. The van der Waals surface area contributed by atoms with Crippen LogP contribution in [0.5, 0.6) is 0 Å². The second kappa shape index (κ2) is 7.92. The third-order valence-corrected chi connectivity index (χ3v) is 5.40. The van der Waals surface area contributed by atoms with Crippen molar-refractivity contribution in [2.45, 2.75) is 38.6 Å². The van der Waals surface area contributed by atoms with Crippen LogP contribution < -0.4 is 0 Å². The molecule has 1 amide bonds. The number of H-pyrrole nitrogens is 1. The number of halogens is 1. The minimum Gasteiger partial charge on any atom is -0.334 e. The maximum absolute atomic E-state index is 13.2. The van der Waals surface area contributed by atoms with Crippen LogP contribution in [0.4, 0.5) is 4.39 Å². The summed E-state index contributed by atoms with van der Waals surface area (Å²) >= 11 is 0. The van der Waals surface area contributed by atoms with E-state index >= 15 is 0 Å². The summed E-state index contributed by atoms with van der Waals surface area (Å²) in [5, 5.41) is 7.42. The first kappa shape index (κ1) is 18.3. The number of nitrogens with zero attached hydrogens (tertiary/aromatic N) is 3. The van der Waals surface area contributed by atoms with Crippen LogP contribution in [0.15, 0.2) is 48.9 Å². The molecule has 0 spiro atoms. The van der Waals surface area contributed by atoms with Gasteiger partial charge in [0.25, 0.3) is 0 Å². The Hall–Kier alpha value is -3.02. The highest BCUT2D eigenvalue weighted by molar-refractivity contribution is 5.80. The van der Waals surface area contributed by atoms with Crippen molar-refractivity contribution in [2.24, 2.45) is 0 Å². The predicted molar refractivity (Wildman–Crippen MR) is 105 cm³/mol. The number of nitrogens with one attached hydrogen (secondary N) is 1. The van der Waals surface area contributed by atoms with Gasteiger partial charge in [0.2, 0.25) is 5.91 Å². The maximum Gasteiger partial charge on any atom is 0.227 e. The van der Waals surface area contributed by atoms with E-state index in [2.05, 4.69) is 15.2 Å². The average molecular weight is 378 g/mol. The smallest absolute Gasteiger partial charge is 0.227 e. The largest absolute Gasteiger partial charge is 0.334 e. The topological polar surface area (TPSA) is 61.9 Å². The fourth-order valence-corrected chi connectivity index (χ4v) is 3.95. The van der Waals surface area contributed by atoms with Crippen LogP contribution in [-0.2, 0) is 11.2 Å². The van der Waals surface area contributed by atoms with Gasteiger partial charge in [-0.2, -0.15) is 5.10 Å². The number of carbonyl (C=O) groups is 1. The van der Waals surface area contributed by atoms with Gasteiger partial charge in [0.05, 0.1) is 24.4 Å². The number of pyridine rings is 1. The van der Waals surface area contributed by atoms with E-state index in [9.17, 15) is 9.18 Å². The molecule has 1 unspecified atom stereocenters. The van der Waals surface area contributed by atoms with Gasteiger partial charge in [-0.1, -0.05) is 12.1 Å². The van der Waals surface area contributed by atoms with Crippen molar-refractivity contribution in [2.75, 3.05) is 6.54 Å². The number of rotatable bonds is 4. The molecule has 1 saturated heterocycles. The van der Waals surface area contributed by atoms with Crippen molar-refractivity contribution >= 4 is 5.91 Å². The molecule has 144 valence electrons. The molecule has 1 aliphatic heterocycles. The van der Waals surface area contributed by atoms with Crippen molar-refractivity contribution in [1.29, 1.82) is 0 Å². The van der Waals surface area contributed by atoms with Crippen LogP contribution in [0.3, 0.4) is 0 Å². The van der Waals surface area contributed by atoms with E-state index in [1.807, 2.05) is 30.3 Å². The molecule has 0 bridgehead atoms. The fraction of sp³-hybridized carbons (Fsp3) is 0.318. The third kappa shape index (κ3) is 3.67. The zero-order valence-electron chi connectivity index (χ0n) is 15.9. The molecular formula is C22H23FN4O. The molecule has 2 aromatic heterocycles. The van der Waals surface area contributed by atoms with E-state index in [4.69, 9.17) is 0 Å². The predicted octanol–water partition coefficient (Wildman–Crippen LogP) is 4.22. The number of aromatic nitrogens is 3. The number of amides is 1. The molecule has 28 heavy (non-hydrogen) atoms. The Labute approximate surface area is 163 Å². The second-order valence-corrected chi connectivity index (χ2v) is 7.29. The standard InChI is InChI=1S/C22H23FN4O/c1-15-13-24-10-9-18(15)19-14-25-26-22(19)20-4-2-3-11-27(20)21(28)12-16-5-7-17(23)8-6-16/h5-10,13-14,20H,2-4,11-12H2,1H3,(H,25,26). The van der Waals surface area contributed by atoms with E-state index in [1.54, 1.807) is 18.3 Å². The minimum atomic E-state index is -0.290. The molecule has 1 aromatic carbocycles. The van der Waals surface area contributed by atoms with E-state index in [1.165, 1.54) is 12.1 Å². The molecule has 4 rings (SSSR count). The van der Waals surface area contributed by atoms with E-state index < -0.39 is 0 Å². The fourth-order valence-electron chi connectivity index (χ4n) is 3.95. The summed E-state index contributed by atoms with van der Waals surface area (Å²) in [5.41, 5.74) is 4.97. The quantitative estimate of drug-likeness (QED) is 0.740. The Morgan fingerprint density at radius 3 is 2.79 bits per heavy atom. The van der Waals surface area contributed by atoms with Gasteiger partial charge in [0, 0.05) is 24.5 Å². The zero-order chi connectivity index (χ0) is 19.5. The molecule has 0 radical (unpaired) electrons. The van der Waals surface area contributed by atoms with Gasteiger partial charge in [-0.3, -0.25) is 14.9 Å². The highest BCUT2D eigenvalue weighted by Crippen LogP contribution is 2.36. The molecule has 1 atom stereocenters. The maximum atomic E-state index is 13.2. The molecule has 6 heteroatoms. The molecule has 1 aliphatic rings. The van der Waals surface area contributed by atoms with Gasteiger partial charge in [-0.15, -0.1) is 0 Å². The van der Waals surface area contributed by atoms with Crippen molar-refractivity contribution in [3.63, 3.8) is 0 Å². The number of carbonyl (C=O) groups excluding carboxylic acids is 1. The average Bonchev–Trinajstić information content (AvgIpc) is 3.19. The normalized spacial score (nSPS) is 16.9. The molecule has 5 nitrogen and oxygen atoms in total. The zero-order valence-corrected chi connectivity index (χ0v) is 15.9. The van der Waals surface area contributed by atoms with E-state index in [0.717, 1.165) is 53.8 Å². The Balaban J connectivity index is 1.61. The van der Waals surface area contributed by atoms with Crippen LogP contribution in [0.2, 0.25) is 0 Å². The summed E-state index contributed by atoms with van der Waals surface area (Å²) in [5.74, 6) is -0.231. The number of hydrogen-bond donors (Lipinski definition) is 1. The summed E-state index contributed by atoms with van der Waals surface area (Å²) in [6.45, 7) is 2.75. The summed E-state index contributed by atoms with van der Waals surface area (Å²) in [6, 6.07) is 8.09. The minimum absolute atomic E-state index is 0.0354. The third-order valence-electron chi connectivity index (χ3n) is 5.40. The molecule has 1 fully saturated rings. The van der Waals surface area contributed by atoms with Crippen LogP contribution in [0, 0.1) is 12.7 Å². The van der Waals surface area contributed by atoms with Crippen LogP contribution in [-0.4, -0.2) is 32.5 Å². The van der Waals surface area contributed by atoms with Gasteiger partial charge in [-0.25, -0.2) is 4.39 Å². The number of aryl methyl sites for hydroxylation is 1. The summed E-state index contributed by atoms with van der Waals surface area (Å²) in [6.07, 6.45) is 8.67. The van der Waals surface area contributed by atoms with Crippen molar-refractivity contribution < 1.29 is 9.18 Å². The van der Waals surface area contributed by atoms with Crippen molar-refractivity contribution in [3.8, 4) is 11.1 Å². The number of aromatic amines is 1. The highest BCUT2D eigenvalue weighted by Gasteiger charge is 2.31. The number of hydrogen-bond acceptors (Lipinski definition) is 3. The first-order valence-corrected chi connectivity index (χ1v) is 9.61. The van der Waals surface area contributed by atoms with Crippen LogP contribution in [0.1, 0.15) is 42.1 Å².